The second kappa shape index (κ2) is 6.90. The van der Waals surface area contributed by atoms with E-state index in [4.69, 9.17) is 0 Å². The molecular weight excluding hydrogens is 365 g/mol. The van der Waals surface area contributed by atoms with Gasteiger partial charge in [-0.2, -0.15) is 0 Å². The fraction of sp³-hybridized carbons (Fsp3) is 0.250. The highest BCUT2D eigenvalue weighted by Gasteiger charge is 2.24. The summed E-state index contributed by atoms with van der Waals surface area (Å²) < 4.78 is 41.1. The third-order valence-electron chi connectivity index (χ3n) is 5.04. The first-order chi connectivity index (χ1) is 13.0. The Morgan fingerprint density at radius 2 is 2.11 bits per heavy atom. The zero-order chi connectivity index (χ0) is 19.0. The van der Waals surface area contributed by atoms with Crippen LogP contribution >= 0.6 is 0 Å². The lowest BCUT2D eigenvalue weighted by Gasteiger charge is -2.20. The normalized spacial score (nSPS) is 17.9. The third-order valence-corrected chi connectivity index (χ3v) is 6.71. The van der Waals surface area contributed by atoms with Crippen LogP contribution in [0.25, 0.3) is 16.6 Å². The zero-order valence-electron chi connectivity index (χ0n) is 14.9. The molecule has 0 saturated heterocycles. The Morgan fingerprint density at radius 3 is 2.81 bits per heavy atom. The molecule has 2 heterocycles. The van der Waals surface area contributed by atoms with E-state index >= 15 is 0 Å². The summed E-state index contributed by atoms with van der Waals surface area (Å²) in [5.74, 6) is -0.584. The molecule has 1 unspecified atom stereocenters. The van der Waals surface area contributed by atoms with E-state index in [0.717, 1.165) is 36.5 Å². The third kappa shape index (κ3) is 3.17. The molecule has 140 valence electrons. The van der Waals surface area contributed by atoms with Crippen LogP contribution in [0.2, 0.25) is 0 Å². The van der Waals surface area contributed by atoms with Gasteiger partial charge in [0.25, 0.3) is 10.0 Å². The summed E-state index contributed by atoms with van der Waals surface area (Å²) >= 11 is 0. The van der Waals surface area contributed by atoms with E-state index in [2.05, 4.69) is 16.4 Å². The Bertz CT molecular complexity index is 1140. The molecule has 1 aromatic carbocycles. The van der Waals surface area contributed by atoms with Crippen LogP contribution in [0.15, 0.2) is 59.8 Å². The Hall–Kier alpha value is -2.51. The van der Waals surface area contributed by atoms with Crippen molar-refractivity contribution in [3.8, 4) is 0 Å². The van der Waals surface area contributed by atoms with Crippen LogP contribution in [0.1, 0.15) is 24.8 Å². The van der Waals surface area contributed by atoms with Crippen molar-refractivity contribution in [1.29, 1.82) is 0 Å². The summed E-state index contributed by atoms with van der Waals surface area (Å²) in [7, 11) is -1.98. The molecule has 27 heavy (non-hydrogen) atoms. The highest BCUT2D eigenvalue weighted by molar-refractivity contribution is 7.90. The summed E-state index contributed by atoms with van der Waals surface area (Å²) in [4.78, 5) is 4.34. The molecular formula is C20H20FN3O2S. The van der Waals surface area contributed by atoms with Gasteiger partial charge in [-0.25, -0.2) is 16.8 Å². The molecule has 1 aliphatic rings. The average molecular weight is 385 g/mol. The van der Waals surface area contributed by atoms with Crippen LogP contribution in [-0.4, -0.2) is 30.5 Å². The lowest BCUT2D eigenvalue weighted by Crippen LogP contribution is -2.26. The largest absolute Gasteiger partial charge is 0.317 e. The van der Waals surface area contributed by atoms with E-state index in [1.165, 1.54) is 22.2 Å². The van der Waals surface area contributed by atoms with Gasteiger partial charge in [-0.1, -0.05) is 12.1 Å². The van der Waals surface area contributed by atoms with E-state index in [-0.39, 0.29) is 4.90 Å². The predicted molar refractivity (Wildman–Crippen MR) is 103 cm³/mol. The number of halogens is 1. The smallest absolute Gasteiger partial charge is 0.268 e. The lowest BCUT2D eigenvalue weighted by atomic mass is 9.91. The fourth-order valence-corrected chi connectivity index (χ4v) is 4.94. The number of allylic oxidation sites excluding steroid dienone is 1. The Labute approximate surface area is 157 Å². The molecule has 1 N–H and O–H groups in total. The standard InChI is InChI=1S/C20H20FN3O2S/c1-22-16-9-7-14(8-10-16)18-13-24(19-6-3-11-23-20(18)19)27(25,26)17-5-2-4-15(21)12-17/h2-7,11-13,16,22H,8-10H2,1H3. The molecule has 0 fully saturated rings. The summed E-state index contributed by atoms with van der Waals surface area (Å²) in [6.45, 7) is 0. The molecule has 0 spiro atoms. The minimum absolute atomic E-state index is 0.0809. The van der Waals surface area contributed by atoms with Crippen molar-refractivity contribution in [1.82, 2.24) is 14.3 Å². The number of fused-ring (bicyclic) bond motifs is 1. The molecule has 0 amide bonds. The highest BCUT2D eigenvalue weighted by Crippen LogP contribution is 2.34. The number of nitrogens with zero attached hydrogens (tertiary/aromatic N) is 2. The molecule has 1 aliphatic carbocycles. The quantitative estimate of drug-likeness (QED) is 0.746. The van der Waals surface area contributed by atoms with Gasteiger partial charge < -0.3 is 5.32 Å². The molecule has 4 rings (SSSR count). The van der Waals surface area contributed by atoms with E-state index in [1.807, 2.05) is 7.05 Å². The Morgan fingerprint density at radius 1 is 1.26 bits per heavy atom. The second-order valence-electron chi connectivity index (χ2n) is 6.66. The van der Waals surface area contributed by atoms with Gasteiger partial charge in [0.05, 0.1) is 15.9 Å². The van der Waals surface area contributed by atoms with Gasteiger partial charge in [-0.15, -0.1) is 0 Å². The molecule has 0 radical (unpaired) electrons. The number of aromatic nitrogens is 2. The van der Waals surface area contributed by atoms with Gasteiger partial charge in [-0.3, -0.25) is 4.98 Å². The van der Waals surface area contributed by atoms with Gasteiger partial charge in [0, 0.05) is 24.0 Å². The van der Waals surface area contributed by atoms with Crippen molar-refractivity contribution in [3.05, 3.63) is 66.2 Å². The van der Waals surface area contributed by atoms with Crippen LogP contribution < -0.4 is 5.32 Å². The number of benzene rings is 1. The molecule has 7 heteroatoms. The predicted octanol–water partition coefficient (Wildman–Crippen LogP) is 3.57. The maximum absolute atomic E-state index is 13.6. The minimum Gasteiger partial charge on any atom is -0.317 e. The number of nitrogens with one attached hydrogen (secondary N) is 1. The van der Waals surface area contributed by atoms with Crippen molar-refractivity contribution >= 4 is 26.6 Å². The summed E-state index contributed by atoms with van der Waals surface area (Å²) in [6, 6.07) is 8.93. The summed E-state index contributed by atoms with van der Waals surface area (Å²) in [6.07, 6.45) is 8.14. The second-order valence-corrected chi connectivity index (χ2v) is 8.48. The van der Waals surface area contributed by atoms with Gasteiger partial charge >= 0.3 is 0 Å². The molecule has 0 bridgehead atoms. The maximum atomic E-state index is 13.6. The SMILES string of the molecule is CNC1CC=C(c2cn(S(=O)(=O)c3cccc(F)c3)c3cccnc23)CC1. The first kappa shape index (κ1) is 17.9. The molecule has 0 saturated carbocycles. The Balaban J connectivity index is 1.87. The topological polar surface area (TPSA) is 64.0 Å². The lowest BCUT2D eigenvalue weighted by molar-refractivity contribution is 0.523. The molecule has 5 nitrogen and oxygen atoms in total. The van der Waals surface area contributed by atoms with Gasteiger partial charge in [0.1, 0.15) is 5.82 Å². The zero-order valence-corrected chi connectivity index (χ0v) is 15.7. The molecule has 2 aromatic heterocycles. The maximum Gasteiger partial charge on any atom is 0.268 e. The number of hydrogen-bond donors (Lipinski definition) is 1. The summed E-state index contributed by atoms with van der Waals surface area (Å²) in [5.41, 5.74) is 3.05. The van der Waals surface area contributed by atoms with E-state index in [1.54, 1.807) is 24.5 Å². The first-order valence-electron chi connectivity index (χ1n) is 8.84. The van der Waals surface area contributed by atoms with E-state index < -0.39 is 15.8 Å². The fourth-order valence-electron chi connectivity index (χ4n) is 3.55. The van der Waals surface area contributed by atoms with Crippen molar-refractivity contribution in [2.24, 2.45) is 0 Å². The van der Waals surface area contributed by atoms with Crippen LogP contribution in [-0.2, 0) is 10.0 Å². The number of pyridine rings is 1. The minimum atomic E-state index is -3.92. The number of hydrogen-bond acceptors (Lipinski definition) is 4. The molecule has 1 atom stereocenters. The van der Waals surface area contributed by atoms with Crippen LogP contribution in [0.4, 0.5) is 4.39 Å². The van der Waals surface area contributed by atoms with Crippen LogP contribution in [0, 0.1) is 5.82 Å². The van der Waals surface area contributed by atoms with E-state index in [9.17, 15) is 12.8 Å². The Kier molecular flexibility index (Phi) is 4.57. The first-order valence-corrected chi connectivity index (χ1v) is 10.3. The van der Waals surface area contributed by atoms with Crippen LogP contribution in [0.5, 0.6) is 0 Å². The van der Waals surface area contributed by atoms with Crippen molar-refractivity contribution < 1.29 is 12.8 Å². The van der Waals surface area contributed by atoms with E-state index in [0.29, 0.717) is 17.1 Å². The van der Waals surface area contributed by atoms with Gasteiger partial charge in [0.2, 0.25) is 0 Å². The monoisotopic (exact) mass is 385 g/mol. The summed E-state index contributed by atoms with van der Waals surface area (Å²) in [5, 5.41) is 3.27. The van der Waals surface area contributed by atoms with Crippen molar-refractivity contribution in [2.75, 3.05) is 7.05 Å². The number of rotatable bonds is 4. The van der Waals surface area contributed by atoms with Crippen LogP contribution in [0.3, 0.4) is 0 Å². The van der Waals surface area contributed by atoms with Gasteiger partial charge in [0.15, 0.2) is 0 Å². The molecule has 3 aromatic rings. The van der Waals surface area contributed by atoms with Crippen molar-refractivity contribution in [2.45, 2.75) is 30.2 Å². The van der Waals surface area contributed by atoms with Gasteiger partial charge in [-0.05, 0) is 62.2 Å². The van der Waals surface area contributed by atoms with Crippen molar-refractivity contribution in [3.63, 3.8) is 0 Å². The highest BCUT2D eigenvalue weighted by atomic mass is 32.2. The molecule has 0 aliphatic heterocycles. The average Bonchev–Trinajstić information content (AvgIpc) is 3.08.